The van der Waals surface area contributed by atoms with E-state index in [1.807, 2.05) is 0 Å². The lowest BCUT2D eigenvalue weighted by molar-refractivity contribution is 0.695. The minimum Gasteiger partial charge on any atom is -0.0845 e. The van der Waals surface area contributed by atoms with E-state index >= 15 is 0 Å². The van der Waals surface area contributed by atoms with Gasteiger partial charge in [-0.25, -0.2) is 0 Å². The monoisotopic (exact) mass is 204 g/mol. The average molecular weight is 204 g/mol. The first-order valence-corrected chi connectivity index (χ1v) is 5.98. The molecule has 15 heavy (non-hydrogen) atoms. The van der Waals surface area contributed by atoms with Crippen molar-refractivity contribution in [1.82, 2.24) is 0 Å². The van der Waals surface area contributed by atoms with Crippen LogP contribution in [0.2, 0.25) is 0 Å². The third-order valence-corrected chi connectivity index (χ3v) is 2.10. The second kappa shape index (κ2) is 13.2. The van der Waals surface area contributed by atoms with E-state index < -0.39 is 0 Å². The molecule has 0 aromatic heterocycles. The van der Waals surface area contributed by atoms with Crippen molar-refractivity contribution in [2.75, 3.05) is 0 Å². The second-order valence-electron chi connectivity index (χ2n) is 3.59. The SMILES string of the molecule is [CH2]CCC=CC=CC=CCCCCC[CH2]. The van der Waals surface area contributed by atoms with Gasteiger partial charge in [-0.2, -0.15) is 0 Å². The van der Waals surface area contributed by atoms with E-state index in [0.717, 1.165) is 19.3 Å². The molecule has 0 unspecified atom stereocenters. The Morgan fingerprint density at radius 2 is 1.27 bits per heavy atom. The highest BCUT2D eigenvalue weighted by atomic mass is 13.9. The molecule has 0 aromatic carbocycles. The normalized spacial score (nSPS) is 12.4. The Morgan fingerprint density at radius 1 is 0.600 bits per heavy atom. The van der Waals surface area contributed by atoms with Gasteiger partial charge in [0, 0.05) is 0 Å². The first-order chi connectivity index (χ1) is 7.41. The van der Waals surface area contributed by atoms with E-state index in [9.17, 15) is 0 Å². The third-order valence-electron chi connectivity index (χ3n) is 2.10. The van der Waals surface area contributed by atoms with E-state index in [1.165, 1.54) is 25.7 Å². The Hall–Kier alpha value is -0.780. The summed E-state index contributed by atoms with van der Waals surface area (Å²) in [5.74, 6) is 0. The zero-order valence-electron chi connectivity index (χ0n) is 9.83. The van der Waals surface area contributed by atoms with Gasteiger partial charge in [-0.1, -0.05) is 69.6 Å². The standard InChI is InChI=1S/C15H24/c1-3-5-7-9-11-13-15-14-12-10-8-6-4-2/h7,9,11,13-15H,1-6,8,10,12H2. The van der Waals surface area contributed by atoms with Gasteiger partial charge < -0.3 is 0 Å². The first-order valence-electron chi connectivity index (χ1n) is 5.98. The van der Waals surface area contributed by atoms with Crippen LogP contribution in [0.4, 0.5) is 0 Å². The van der Waals surface area contributed by atoms with Crippen molar-refractivity contribution in [3.8, 4) is 0 Å². The number of hydrogen-bond donors (Lipinski definition) is 0. The molecule has 0 atom stereocenters. The second-order valence-corrected chi connectivity index (χ2v) is 3.59. The maximum absolute atomic E-state index is 3.83. The molecule has 0 heterocycles. The summed E-state index contributed by atoms with van der Waals surface area (Å²) in [5.41, 5.74) is 0. The molecule has 2 radical (unpaired) electrons. The highest BCUT2D eigenvalue weighted by molar-refractivity contribution is 5.10. The molecular weight excluding hydrogens is 180 g/mol. The van der Waals surface area contributed by atoms with Crippen molar-refractivity contribution in [3.63, 3.8) is 0 Å². The van der Waals surface area contributed by atoms with Gasteiger partial charge in [0.05, 0.1) is 0 Å². The van der Waals surface area contributed by atoms with E-state index in [0.29, 0.717) is 0 Å². The Bertz CT molecular complexity index is 184. The van der Waals surface area contributed by atoms with Crippen molar-refractivity contribution in [2.24, 2.45) is 0 Å². The molecule has 0 aliphatic rings. The highest BCUT2D eigenvalue weighted by Crippen LogP contribution is 2.02. The van der Waals surface area contributed by atoms with Gasteiger partial charge in [-0.3, -0.25) is 0 Å². The minimum absolute atomic E-state index is 0.979. The number of unbranched alkanes of at least 4 members (excludes halogenated alkanes) is 5. The van der Waals surface area contributed by atoms with Gasteiger partial charge >= 0.3 is 0 Å². The molecule has 0 amide bonds. The van der Waals surface area contributed by atoms with Crippen molar-refractivity contribution in [3.05, 3.63) is 50.3 Å². The Labute approximate surface area is 95.8 Å². The topological polar surface area (TPSA) is 0 Å². The van der Waals surface area contributed by atoms with Crippen LogP contribution in [0, 0.1) is 13.8 Å². The van der Waals surface area contributed by atoms with Crippen LogP contribution in [-0.2, 0) is 0 Å². The van der Waals surface area contributed by atoms with Crippen molar-refractivity contribution in [1.29, 1.82) is 0 Å². The van der Waals surface area contributed by atoms with E-state index in [-0.39, 0.29) is 0 Å². The molecule has 0 fully saturated rings. The van der Waals surface area contributed by atoms with Crippen LogP contribution in [0.5, 0.6) is 0 Å². The smallest absolute Gasteiger partial charge is 0.0348 e. The van der Waals surface area contributed by atoms with Gasteiger partial charge in [0.25, 0.3) is 0 Å². The fourth-order valence-electron chi connectivity index (χ4n) is 1.21. The summed E-state index contributed by atoms with van der Waals surface area (Å²) in [7, 11) is 0. The maximum Gasteiger partial charge on any atom is -0.0348 e. The van der Waals surface area contributed by atoms with Gasteiger partial charge in [-0.15, -0.1) is 0 Å². The van der Waals surface area contributed by atoms with Gasteiger partial charge in [0.1, 0.15) is 0 Å². The number of allylic oxidation sites excluding steroid dienone is 6. The highest BCUT2D eigenvalue weighted by Gasteiger charge is 1.82. The fourth-order valence-corrected chi connectivity index (χ4v) is 1.21. The Kier molecular flexibility index (Phi) is 12.5. The van der Waals surface area contributed by atoms with Crippen LogP contribution < -0.4 is 0 Å². The summed E-state index contributed by atoms with van der Waals surface area (Å²) >= 11 is 0. The molecule has 0 saturated carbocycles. The molecule has 0 aromatic rings. The summed E-state index contributed by atoms with van der Waals surface area (Å²) in [4.78, 5) is 0. The maximum atomic E-state index is 3.83. The zero-order valence-corrected chi connectivity index (χ0v) is 9.83. The van der Waals surface area contributed by atoms with E-state index in [1.54, 1.807) is 0 Å². The summed E-state index contributed by atoms with van der Waals surface area (Å²) < 4.78 is 0. The van der Waals surface area contributed by atoms with Crippen LogP contribution in [0.3, 0.4) is 0 Å². The quantitative estimate of drug-likeness (QED) is 0.364. The predicted octanol–water partition coefficient (Wildman–Crippen LogP) is 5.05. The lowest BCUT2D eigenvalue weighted by Gasteiger charge is -1.92. The van der Waals surface area contributed by atoms with E-state index in [4.69, 9.17) is 0 Å². The lowest BCUT2D eigenvalue weighted by atomic mass is 10.1. The number of rotatable bonds is 9. The van der Waals surface area contributed by atoms with Gasteiger partial charge in [0.2, 0.25) is 0 Å². The molecule has 0 spiro atoms. The van der Waals surface area contributed by atoms with Crippen molar-refractivity contribution >= 4 is 0 Å². The summed E-state index contributed by atoms with van der Waals surface area (Å²) in [6, 6.07) is 0. The van der Waals surface area contributed by atoms with Gasteiger partial charge in [-0.05, 0) is 25.7 Å². The zero-order chi connectivity index (χ0) is 11.2. The van der Waals surface area contributed by atoms with Crippen LogP contribution in [0.1, 0.15) is 44.9 Å². The minimum atomic E-state index is 0.979. The number of hydrogen-bond acceptors (Lipinski definition) is 0. The molecule has 0 bridgehead atoms. The molecule has 0 heteroatoms. The van der Waals surface area contributed by atoms with Crippen molar-refractivity contribution in [2.45, 2.75) is 44.9 Å². The van der Waals surface area contributed by atoms with E-state index in [2.05, 4.69) is 50.3 Å². The molecule has 0 saturated heterocycles. The largest absolute Gasteiger partial charge is 0.0845 e. The molecule has 0 N–H and O–H groups in total. The van der Waals surface area contributed by atoms with Crippen LogP contribution in [0.15, 0.2) is 36.5 Å². The van der Waals surface area contributed by atoms with Gasteiger partial charge in [0.15, 0.2) is 0 Å². The molecule has 0 aliphatic carbocycles. The van der Waals surface area contributed by atoms with Crippen molar-refractivity contribution < 1.29 is 0 Å². The Balaban J connectivity index is 3.29. The fraction of sp³-hybridized carbons (Fsp3) is 0.467. The third kappa shape index (κ3) is 13.2. The lowest BCUT2D eigenvalue weighted by Crippen LogP contribution is -1.73. The van der Waals surface area contributed by atoms with Crippen LogP contribution in [0.25, 0.3) is 0 Å². The van der Waals surface area contributed by atoms with Crippen LogP contribution >= 0.6 is 0 Å². The molecule has 0 nitrogen and oxygen atoms in total. The average Bonchev–Trinajstić information content (AvgIpc) is 2.26. The molecule has 0 aliphatic heterocycles. The summed E-state index contributed by atoms with van der Waals surface area (Å²) in [6.45, 7) is 7.60. The molecular formula is C15H24. The predicted molar refractivity (Wildman–Crippen MR) is 70.5 cm³/mol. The molecule has 84 valence electrons. The van der Waals surface area contributed by atoms with Crippen LogP contribution in [-0.4, -0.2) is 0 Å². The summed E-state index contributed by atoms with van der Waals surface area (Å²) in [5, 5.41) is 0. The first kappa shape index (κ1) is 14.2. The summed E-state index contributed by atoms with van der Waals surface area (Å²) in [6.07, 6.45) is 20.9. The molecule has 0 rings (SSSR count). The Morgan fingerprint density at radius 3 is 1.87 bits per heavy atom.